The summed E-state index contributed by atoms with van der Waals surface area (Å²) in [6.07, 6.45) is 2.77. The topological polar surface area (TPSA) is 120 Å². The molecule has 1 aliphatic rings. The molecule has 0 saturated carbocycles. The largest absolute Gasteiger partial charge is 0.484 e. The van der Waals surface area contributed by atoms with Crippen molar-refractivity contribution < 1.29 is 22.7 Å². The van der Waals surface area contributed by atoms with Gasteiger partial charge in [-0.15, -0.1) is 0 Å². The number of sulfonamides is 1. The molecule has 28 heavy (non-hydrogen) atoms. The number of carbonyl (C=O) groups is 2. The highest BCUT2D eigenvalue weighted by atomic mass is 32.2. The molecule has 1 amide bonds. The molecule has 1 unspecified atom stereocenters. The van der Waals surface area contributed by atoms with Crippen LogP contribution in [0.3, 0.4) is 0 Å². The van der Waals surface area contributed by atoms with Crippen LogP contribution in [0, 0.1) is 5.92 Å². The molecule has 0 bridgehead atoms. The van der Waals surface area contributed by atoms with E-state index in [2.05, 4.69) is 4.98 Å². The van der Waals surface area contributed by atoms with Crippen LogP contribution in [0.2, 0.25) is 0 Å². The third-order valence-corrected chi connectivity index (χ3v) is 6.39. The Labute approximate surface area is 163 Å². The molecule has 2 aromatic rings. The maximum atomic E-state index is 13.0. The fourth-order valence-electron chi connectivity index (χ4n) is 3.10. The van der Waals surface area contributed by atoms with E-state index < -0.39 is 21.8 Å². The van der Waals surface area contributed by atoms with Crippen LogP contribution in [0.15, 0.2) is 53.6 Å². The first-order valence-electron chi connectivity index (χ1n) is 8.84. The van der Waals surface area contributed by atoms with E-state index in [1.165, 1.54) is 28.6 Å². The van der Waals surface area contributed by atoms with Gasteiger partial charge in [0.2, 0.25) is 10.0 Å². The van der Waals surface area contributed by atoms with Crippen molar-refractivity contribution in [2.75, 3.05) is 19.7 Å². The number of benzene rings is 1. The molecule has 0 spiro atoms. The molecule has 1 fully saturated rings. The quantitative estimate of drug-likeness (QED) is 0.695. The predicted molar refractivity (Wildman–Crippen MR) is 101 cm³/mol. The van der Waals surface area contributed by atoms with Crippen molar-refractivity contribution in [3.05, 3.63) is 54.4 Å². The first kappa shape index (κ1) is 20.0. The number of primary amides is 1. The number of amides is 1. The lowest BCUT2D eigenvalue weighted by atomic mass is 9.93. The molecule has 1 aliphatic heterocycles. The van der Waals surface area contributed by atoms with E-state index in [0.717, 1.165) is 0 Å². The van der Waals surface area contributed by atoms with Crippen molar-refractivity contribution in [2.45, 2.75) is 17.7 Å². The number of piperidine rings is 1. The zero-order valence-corrected chi connectivity index (χ0v) is 16.0. The van der Waals surface area contributed by atoms with Crippen molar-refractivity contribution in [3.63, 3.8) is 0 Å². The summed E-state index contributed by atoms with van der Waals surface area (Å²) in [6.45, 7) is 0.196. The van der Waals surface area contributed by atoms with Crippen LogP contribution in [0.4, 0.5) is 0 Å². The van der Waals surface area contributed by atoms with Crippen molar-refractivity contribution in [3.8, 4) is 5.75 Å². The molecule has 2 heterocycles. The van der Waals surface area contributed by atoms with Crippen LogP contribution in [0.25, 0.3) is 0 Å². The highest BCUT2D eigenvalue weighted by molar-refractivity contribution is 7.89. The molecular formula is C19H21N3O5S. The fourth-order valence-corrected chi connectivity index (χ4v) is 4.63. The minimum absolute atomic E-state index is 0.102. The Hall–Kier alpha value is -2.78. The maximum absolute atomic E-state index is 13.0. The summed E-state index contributed by atoms with van der Waals surface area (Å²) in [4.78, 5) is 27.6. The maximum Gasteiger partial charge on any atom is 0.255 e. The number of carbonyl (C=O) groups excluding carboxylic acids is 2. The normalized spacial score (nSPS) is 17.8. The lowest BCUT2D eigenvalue weighted by molar-refractivity contribution is -0.119. The van der Waals surface area contributed by atoms with Crippen LogP contribution in [0.1, 0.15) is 23.3 Å². The van der Waals surface area contributed by atoms with Crippen LogP contribution in [-0.4, -0.2) is 49.1 Å². The standard InChI is InChI=1S/C19H21N3O5S/c20-18(23)13-27-15-6-8-16(9-7-15)28(25,26)22-11-3-4-14(12-22)19(24)17-5-1-2-10-21-17/h1-2,5-10,14H,3-4,11-13H2,(H2,20,23). The van der Waals surface area contributed by atoms with Crippen molar-refractivity contribution in [1.82, 2.24) is 9.29 Å². The molecular weight excluding hydrogens is 382 g/mol. The zero-order valence-electron chi connectivity index (χ0n) is 15.2. The molecule has 1 aromatic heterocycles. The van der Waals surface area contributed by atoms with Gasteiger partial charge in [-0.1, -0.05) is 6.07 Å². The summed E-state index contributed by atoms with van der Waals surface area (Å²) in [5.41, 5.74) is 5.37. The summed E-state index contributed by atoms with van der Waals surface area (Å²) >= 11 is 0. The van der Waals surface area contributed by atoms with E-state index in [1.807, 2.05) is 0 Å². The van der Waals surface area contributed by atoms with E-state index in [-0.39, 0.29) is 23.8 Å². The van der Waals surface area contributed by atoms with Gasteiger partial charge in [-0.05, 0) is 49.2 Å². The number of nitrogens with two attached hydrogens (primary N) is 1. The Bertz CT molecular complexity index is 945. The average molecular weight is 403 g/mol. The minimum Gasteiger partial charge on any atom is -0.484 e. The lowest BCUT2D eigenvalue weighted by Gasteiger charge is -2.31. The molecule has 0 aliphatic carbocycles. The Morgan fingerprint density at radius 3 is 2.57 bits per heavy atom. The number of aromatic nitrogens is 1. The van der Waals surface area contributed by atoms with Gasteiger partial charge in [0.25, 0.3) is 5.91 Å². The predicted octanol–water partition coefficient (Wildman–Crippen LogP) is 1.23. The summed E-state index contributed by atoms with van der Waals surface area (Å²) in [5, 5.41) is 0. The van der Waals surface area contributed by atoms with Crippen LogP contribution in [-0.2, 0) is 14.8 Å². The Balaban J connectivity index is 1.72. The molecule has 1 saturated heterocycles. The third kappa shape index (κ3) is 4.55. The number of nitrogens with zero attached hydrogens (tertiary/aromatic N) is 2. The summed E-state index contributed by atoms with van der Waals surface area (Å²) in [6, 6.07) is 10.9. The van der Waals surface area contributed by atoms with Gasteiger partial charge in [-0.3, -0.25) is 14.6 Å². The van der Waals surface area contributed by atoms with Gasteiger partial charge in [0, 0.05) is 25.2 Å². The molecule has 1 aromatic carbocycles. The Kier molecular flexibility index (Phi) is 6.05. The van der Waals surface area contributed by atoms with Gasteiger partial charge in [-0.2, -0.15) is 4.31 Å². The van der Waals surface area contributed by atoms with Gasteiger partial charge < -0.3 is 10.5 Å². The number of hydrogen-bond donors (Lipinski definition) is 1. The van der Waals surface area contributed by atoms with Crippen molar-refractivity contribution in [2.24, 2.45) is 11.7 Å². The van der Waals surface area contributed by atoms with Crippen molar-refractivity contribution in [1.29, 1.82) is 0 Å². The number of pyridine rings is 1. The highest BCUT2D eigenvalue weighted by Crippen LogP contribution is 2.26. The summed E-state index contributed by atoms with van der Waals surface area (Å²) in [7, 11) is -3.75. The number of ether oxygens (including phenoxy) is 1. The average Bonchev–Trinajstić information content (AvgIpc) is 2.72. The SMILES string of the molecule is NC(=O)COc1ccc(S(=O)(=O)N2CCCC(C(=O)c3ccccn3)C2)cc1. The zero-order chi connectivity index (χ0) is 20.1. The first-order valence-corrected chi connectivity index (χ1v) is 10.3. The number of ketones is 1. The Morgan fingerprint density at radius 2 is 1.93 bits per heavy atom. The van der Waals surface area contributed by atoms with E-state index in [4.69, 9.17) is 10.5 Å². The van der Waals surface area contributed by atoms with Gasteiger partial charge in [-0.25, -0.2) is 8.42 Å². The molecule has 3 rings (SSSR count). The third-order valence-electron chi connectivity index (χ3n) is 4.51. The number of hydrogen-bond acceptors (Lipinski definition) is 6. The van der Waals surface area contributed by atoms with E-state index in [1.54, 1.807) is 24.4 Å². The minimum atomic E-state index is -3.75. The summed E-state index contributed by atoms with van der Waals surface area (Å²) in [5.74, 6) is -0.833. The molecule has 148 valence electrons. The van der Waals surface area contributed by atoms with Gasteiger partial charge in [0.05, 0.1) is 4.90 Å². The van der Waals surface area contributed by atoms with Gasteiger partial charge in [0.1, 0.15) is 11.4 Å². The Morgan fingerprint density at radius 1 is 1.18 bits per heavy atom. The molecule has 1 atom stereocenters. The number of rotatable bonds is 7. The number of Topliss-reactive ketones (excluding diaryl/α,β-unsaturated/α-hetero) is 1. The van der Waals surface area contributed by atoms with E-state index in [9.17, 15) is 18.0 Å². The molecule has 0 radical (unpaired) electrons. The van der Waals surface area contributed by atoms with Crippen LogP contribution >= 0.6 is 0 Å². The second-order valence-corrected chi connectivity index (χ2v) is 8.45. The van der Waals surface area contributed by atoms with Gasteiger partial charge >= 0.3 is 0 Å². The molecule has 9 heteroatoms. The molecule has 8 nitrogen and oxygen atoms in total. The van der Waals surface area contributed by atoms with E-state index in [0.29, 0.717) is 30.8 Å². The molecule has 2 N–H and O–H groups in total. The van der Waals surface area contributed by atoms with Crippen LogP contribution in [0.5, 0.6) is 5.75 Å². The van der Waals surface area contributed by atoms with Crippen LogP contribution < -0.4 is 10.5 Å². The summed E-state index contributed by atoms with van der Waals surface area (Å²) < 4.78 is 32.4. The second-order valence-electron chi connectivity index (χ2n) is 6.51. The van der Waals surface area contributed by atoms with Gasteiger partial charge in [0.15, 0.2) is 12.4 Å². The highest BCUT2D eigenvalue weighted by Gasteiger charge is 2.34. The van der Waals surface area contributed by atoms with E-state index >= 15 is 0 Å². The second kappa shape index (κ2) is 8.49. The monoisotopic (exact) mass is 403 g/mol. The van der Waals surface area contributed by atoms with Crippen molar-refractivity contribution >= 4 is 21.7 Å². The fraction of sp³-hybridized carbons (Fsp3) is 0.316. The first-order chi connectivity index (χ1) is 13.4. The lowest BCUT2D eigenvalue weighted by Crippen LogP contribution is -2.42. The smallest absolute Gasteiger partial charge is 0.255 e.